The van der Waals surface area contributed by atoms with Crippen LogP contribution >= 0.6 is 0 Å². The first-order chi connectivity index (χ1) is 12.5. The van der Waals surface area contributed by atoms with E-state index in [2.05, 4.69) is 5.32 Å². The van der Waals surface area contributed by atoms with Crippen molar-refractivity contribution < 1.29 is 28.7 Å². The van der Waals surface area contributed by atoms with E-state index in [0.717, 1.165) is 0 Å². The molecule has 1 aliphatic rings. The lowest BCUT2D eigenvalue weighted by Crippen LogP contribution is -2.51. The summed E-state index contributed by atoms with van der Waals surface area (Å²) in [6.07, 6.45) is 0. The van der Waals surface area contributed by atoms with Crippen LogP contribution in [-0.2, 0) is 14.4 Å². The molecule has 0 radical (unpaired) electrons. The minimum absolute atomic E-state index is 0.160. The lowest BCUT2D eigenvalue weighted by molar-refractivity contribution is -0.140. The number of carbonyl (C=O) groups excluding carboxylic acids is 5. The van der Waals surface area contributed by atoms with Gasteiger partial charge in [-0.05, 0) is 45.0 Å². The topological polar surface area (TPSA) is 125 Å². The normalized spacial score (nSPS) is 14.4. The molecule has 144 valence electrons. The maximum atomic E-state index is 12.4. The largest absolute Gasteiger partial charge is 0.497 e. The van der Waals surface area contributed by atoms with Crippen molar-refractivity contribution in [2.24, 2.45) is 0 Å². The molecular formula is C17H20N4O6. The van der Waals surface area contributed by atoms with Crippen LogP contribution < -0.4 is 20.3 Å². The summed E-state index contributed by atoms with van der Waals surface area (Å²) in [6.45, 7) is 4.40. The number of hydrogen-bond acceptors (Lipinski definition) is 6. The van der Waals surface area contributed by atoms with Crippen molar-refractivity contribution in [3.8, 4) is 5.75 Å². The quantitative estimate of drug-likeness (QED) is 0.586. The number of urea groups is 2. The molecule has 7 amide bonds. The van der Waals surface area contributed by atoms with Gasteiger partial charge in [-0.2, -0.15) is 0 Å². The van der Waals surface area contributed by atoms with Crippen molar-refractivity contribution in [3.63, 3.8) is 0 Å². The molecule has 0 atom stereocenters. The Morgan fingerprint density at radius 1 is 1.04 bits per heavy atom. The second-order valence-corrected chi connectivity index (χ2v) is 6.76. The smallest absolute Gasteiger partial charge is 0.339 e. The molecule has 27 heavy (non-hydrogen) atoms. The number of methoxy groups -OCH3 is 1. The van der Waals surface area contributed by atoms with Gasteiger partial charge in [0, 0.05) is 5.54 Å². The van der Waals surface area contributed by atoms with Gasteiger partial charge in [0.1, 0.15) is 12.3 Å². The molecule has 10 nitrogen and oxygen atoms in total. The molecule has 1 aromatic carbocycles. The zero-order chi connectivity index (χ0) is 20.4. The van der Waals surface area contributed by atoms with Gasteiger partial charge in [-0.1, -0.05) is 0 Å². The van der Waals surface area contributed by atoms with E-state index in [1.165, 1.54) is 31.4 Å². The average Bonchev–Trinajstić information content (AvgIpc) is 2.77. The summed E-state index contributed by atoms with van der Waals surface area (Å²) in [6, 6.07) is 4.16. The molecule has 1 aliphatic heterocycles. The van der Waals surface area contributed by atoms with Crippen molar-refractivity contribution >= 4 is 35.5 Å². The van der Waals surface area contributed by atoms with Gasteiger partial charge in [-0.25, -0.2) is 19.4 Å². The molecule has 2 rings (SSSR count). The Balaban J connectivity index is 2.09. The van der Waals surface area contributed by atoms with Gasteiger partial charge >= 0.3 is 23.9 Å². The number of anilines is 1. The van der Waals surface area contributed by atoms with E-state index >= 15 is 0 Å². The minimum Gasteiger partial charge on any atom is -0.497 e. The van der Waals surface area contributed by atoms with Crippen molar-refractivity contribution in [2.75, 3.05) is 18.6 Å². The summed E-state index contributed by atoms with van der Waals surface area (Å²) in [4.78, 5) is 61.4. The van der Waals surface area contributed by atoms with Crippen LogP contribution in [-0.4, -0.2) is 53.9 Å². The molecule has 1 fully saturated rings. The zero-order valence-corrected chi connectivity index (χ0v) is 15.4. The SMILES string of the molecule is COc1ccc(N2C(=O)C(=O)N(CC(=O)NC(=O)NC(C)(C)C)C2=O)cc1. The fourth-order valence-electron chi connectivity index (χ4n) is 2.29. The summed E-state index contributed by atoms with van der Waals surface area (Å²) >= 11 is 0. The third-order valence-electron chi connectivity index (χ3n) is 3.43. The molecule has 0 saturated carbocycles. The molecule has 0 aromatic heterocycles. The first kappa shape index (κ1) is 19.9. The van der Waals surface area contributed by atoms with E-state index in [-0.39, 0.29) is 5.69 Å². The molecule has 0 bridgehead atoms. The molecule has 10 heteroatoms. The number of imide groups is 3. The molecule has 1 heterocycles. The van der Waals surface area contributed by atoms with Crippen LogP contribution in [0.15, 0.2) is 24.3 Å². The number of nitrogens with one attached hydrogen (secondary N) is 2. The lowest BCUT2D eigenvalue weighted by Gasteiger charge is -2.21. The third kappa shape index (κ3) is 4.60. The van der Waals surface area contributed by atoms with E-state index in [9.17, 15) is 24.0 Å². The van der Waals surface area contributed by atoms with Crippen LogP contribution in [0, 0.1) is 0 Å². The van der Waals surface area contributed by atoms with Crippen LogP contribution in [0.4, 0.5) is 15.3 Å². The fourth-order valence-corrected chi connectivity index (χ4v) is 2.29. The summed E-state index contributed by atoms with van der Waals surface area (Å²) in [7, 11) is 1.46. The van der Waals surface area contributed by atoms with Gasteiger partial charge in [0.15, 0.2) is 0 Å². The molecule has 0 spiro atoms. The summed E-state index contributed by atoms with van der Waals surface area (Å²) in [5.74, 6) is -2.63. The average molecular weight is 376 g/mol. The molecular weight excluding hydrogens is 356 g/mol. The van der Waals surface area contributed by atoms with Crippen molar-refractivity contribution in [1.82, 2.24) is 15.5 Å². The maximum Gasteiger partial charge on any atom is 0.339 e. The standard InChI is InChI=1S/C17H20N4O6/c1-17(2,3)19-15(25)18-12(22)9-20-13(23)14(24)21(16(20)26)10-5-7-11(27-4)8-6-10/h5-8H,9H2,1-4H3,(H2,18,19,22,25). The molecule has 0 aliphatic carbocycles. The van der Waals surface area contributed by atoms with Gasteiger partial charge in [0.25, 0.3) is 0 Å². The van der Waals surface area contributed by atoms with Crippen molar-refractivity contribution in [1.29, 1.82) is 0 Å². The highest BCUT2D eigenvalue weighted by atomic mass is 16.5. The second kappa shape index (κ2) is 7.44. The van der Waals surface area contributed by atoms with Crippen LogP contribution in [0.2, 0.25) is 0 Å². The Morgan fingerprint density at radius 3 is 2.15 bits per heavy atom. The number of carbonyl (C=O) groups is 5. The Bertz CT molecular complexity index is 797. The highest BCUT2D eigenvalue weighted by molar-refractivity contribution is 6.53. The van der Waals surface area contributed by atoms with E-state index in [0.29, 0.717) is 15.5 Å². The molecule has 1 aromatic rings. The van der Waals surface area contributed by atoms with Crippen molar-refractivity contribution in [2.45, 2.75) is 26.3 Å². The Morgan fingerprint density at radius 2 is 1.63 bits per heavy atom. The second-order valence-electron chi connectivity index (χ2n) is 6.76. The number of hydrogen-bond donors (Lipinski definition) is 2. The number of rotatable bonds is 4. The van der Waals surface area contributed by atoms with E-state index < -0.39 is 41.9 Å². The van der Waals surface area contributed by atoms with Gasteiger partial charge < -0.3 is 10.1 Å². The number of nitrogens with zero attached hydrogens (tertiary/aromatic N) is 2. The maximum absolute atomic E-state index is 12.4. The van der Waals surface area contributed by atoms with E-state index in [4.69, 9.17) is 4.74 Å². The van der Waals surface area contributed by atoms with Gasteiger partial charge in [0.05, 0.1) is 12.8 Å². The Kier molecular flexibility index (Phi) is 5.48. The first-order valence-electron chi connectivity index (χ1n) is 7.99. The van der Waals surface area contributed by atoms with Crippen molar-refractivity contribution in [3.05, 3.63) is 24.3 Å². The van der Waals surface area contributed by atoms with Crippen LogP contribution in [0.5, 0.6) is 5.75 Å². The number of amides is 7. The Labute approximate surface area is 155 Å². The lowest BCUT2D eigenvalue weighted by atomic mass is 10.1. The van der Waals surface area contributed by atoms with E-state index in [1.807, 2.05) is 5.32 Å². The predicted octanol–water partition coefficient (Wildman–Crippen LogP) is 0.615. The Hall–Kier alpha value is -3.43. The summed E-state index contributed by atoms with van der Waals surface area (Å²) < 4.78 is 5.00. The highest BCUT2D eigenvalue weighted by Gasteiger charge is 2.46. The van der Waals surface area contributed by atoms with Gasteiger partial charge in [-0.3, -0.25) is 19.7 Å². The predicted molar refractivity (Wildman–Crippen MR) is 94.0 cm³/mol. The highest BCUT2D eigenvalue weighted by Crippen LogP contribution is 2.24. The first-order valence-corrected chi connectivity index (χ1v) is 7.99. The van der Waals surface area contributed by atoms with Crippen LogP contribution in [0.1, 0.15) is 20.8 Å². The fraction of sp³-hybridized carbons (Fsp3) is 0.353. The summed E-state index contributed by atoms with van der Waals surface area (Å²) in [5, 5.41) is 4.51. The van der Waals surface area contributed by atoms with Crippen LogP contribution in [0.3, 0.4) is 0 Å². The molecule has 2 N–H and O–H groups in total. The third-order valence-corrected chi connectivity index (χ3v) is 3.43. The zero-order valence-electron chi connectivity index (χ0n) is 15.4. The molecule has 1 saturated heterocycles. The minimum atomic E-state index is -1.15. The van der Waals surface area contributed by atoms with Crippen LogP contribution in [0.25, 0.3) is 0 Å². The van der Waals surface area contributed by atoms with Gasteiger partial charge in [0.2, 0.25) is 5.91 Å². The van der Waals surface area contributed by atoms with E-state index in [1.54, 1.807) is 20.8 Å². The molecule has 0 unspecified atom stereocenters. The number of ether oxygens (including phenoxy) is 1. The number of benzene rings is 1. The van der Waals surface area contributed by atoms with Gasteiger partial charge in [-0.15, -0.1) is 0 Å². The monoisotopic (exact) mass is 376 g/mol. The summed E-state index contributed by atoms with van der Waals surface area (Å²) in [5.41, 5.74) is -0.419.